The van der Waals surface area contributed by atoms with Gasteiger partial charge in [0.05, 0.1) is 24.0 Å². The number of para-hydroxylation sites is 1. The lowest BCUT2D eigenvalue weighted by atomic mass is 10.1. The Hall–Kier alpha value is -1.08. The minimum Gasteiger partial charge on any atom is -0.389 e. The van der Waals surface area contributed by atoms with E-state index in [-0.39, 0.29) is 17.3 Å². The number of aliphatic hydroxyl groups is 2. The molecule has 2 aliphatic rings. The molecular formula is C13H16N2O3S. The van der Waals surface area contributed by atoms with Gasteiger partial charge in [0.25, 0.3) is 0 Å². The molecule has 1 aromatic rings. The number of anilines is 1. The van der Waals surface area contributed by atoms with E-state index in [1.165, 1.54) is 11.8 Å². The topological polar surface area (TPSA) is 72.8 Å². The van der Waals surface area contributed by atoms with Crippen molar-refractivity contribution in [2.75, 3.05) is 17.2 Å². The predicted molar refractivity (Wildman–Crippen MR) is 74.0 cm³/mol. The summed E-state index contributed by atoms with van der Waals surface area (Å²) in [5, 5.41) is 22.6. The summed E-state index contributed by atoms with van der Waals surface area (Å²) in [6, 6.07) is 9.14. The molecule has 0 bridgehead atoms. The molecule has 3 rings (SSSR count). The van der Waals surface area contributed by atoms with E-state index in [4.69, 9.17) is 0 Å². The smallest absolute Gasteiger partial charge is 0.238 e. The number of hydrogen-bond acceptors (Lipinski definition) is 5. The number of carbonyl (C=O) groups is 1. The fourth-order valence-corrected chi connectivity index (χ4v) is 3.90. The van der Waals surface area contributed by atoms with Crippen molar-refractivity contribution in [3.63, 3.8) is 0 Å². The van der Waals surface area contributed by atoms with Gasteiger partial charge in [0.15, 0.2) is 0 Å². The van der Waals surface area contributed by atoms with Crippen LogP contribution in [-0.4, -0.2) is 52.0 Å². The first-order valence-electron chi connectivity index (χ1n) is 6.27. The SMILES string of the molecule is O=C1CS[C@@H]([C@@H]2NC[C@@H](O)[C@H]2O)N1c1ccccc1. The number of aliphatic hydroxyl groups excluding tert-OH is 2. The molecule has 2 saturated heterocycles. The van der Waals surface area contributed by atoms with Gasteiger partial charge in [-0.05, 0) is 12.1 Å². The molecule has 2 aliphatic heterocycles. The van der Waals surface area contributed by atoms with Crippen molar-refractivity contribution < 1.29 is 15.0 Å². The number of β-amino-alcohol motifs (C(OH)–C–C–N with tert-alkyl or cyclic N) is 1. The molecule has 2 fully saturated rings. The largest absolute Gasteiger partial charge is 0.389 e. The van der Waals surface area contributed by atoms with Gasteiger partial charge in [0, 0.05) is 12.2 Å². The second-order valence-corrected chi connectivity index (χ2v) is 5.90. The van der Waals surface area contributed by atoms with Crippen molar-refractivity contribution in [3.05, 3.63) is 30.3 Å². The van der Waals surface area contributed by atoms with Crippen LogP contribution in [0.1, 0.15) is 0 Å². The predicted octanol–water partition coefficient (Wildman–Crippen LogP) is -0.214. The zero-order valence-electron chi connectivity index (χ0n) is 10.3. The molecule has 0 aromatic heterocycles. The van der Waals surface area contributed by atoms with E-state index < -0.39 is 12.2 Å². The molecule has 6 heteroatoms. The molecule has 102 valence electrons. The zero-order chi connectivity index (χ0) is 13.4. The van der Waals surface area contributed by atoms with E-state index in [9.17, 15) is 15.0 Å². The number of rotatable bonds is 2. The summed E-state index contributed by atoms with van der Waals surface area (Å²) in [6.07, 6.45) is -1.60. The second-order valence-electron chi connectivity index (χ2n) is 4.79. The average Bonchev–Trinajstić information content (AvgIpc) is 2.95. The molecule has 4 atom stereocenters. The molecular weight excluding hydrogens is 264 g/mol. The third-order valence-electron chi connectivity index (χ3n) is 3.57. The van der Waals surface area contributed by atoms with Crippen LogP contribution in [-0.2, 0) is 4.79 Å². The van der Waals surface area contributed by atoms with Gasteiger partial charge >= 0.3 is 0 Å². The van der Waals surface area contributed by atoms with E-state index in [1.807, 2.05) is 30.3 Å². The summed E-state index contributed by atoms with van der Waals surface area (Å²) < 4.78 is 0. The second kappa shape index (κ2) is 5.13. The van der Waals surface area contributed by atoms with Gasteiger partial charge in [0.2, 0.25) is 5.91 Å². The first-order valence-corrected chi connectivity index (χ1v) is 7.31. The Kier molecular flexibility index (Phi) is 3.49. The van der Waals surface area contributed by atoms with Crippen LogP contribution in [0.4, 0.5) is 5.69 Å². The van der Waals surface area contributed by atoms with Crippen LogP contribution in [0.3, 0.4) is 0 Å². The molecule has 0 aliphatic carbocycles. The highest BCUT2D eigenvalue weighted by Gasteiger charge is 2.45. The Labute approximate surface area is 115 Å². The Bertz CT molecular complexity index is 470. The Morgan fingerprint density at radius 1 is 1.26 bits per heavy atom. The van der Waals surface area contributed by atoms with Gasteiger partial charge in [-0.1, -0.05) is 18.2 Å². The minimum atomic E-state index is -0.838. The number of benzene rings is 1. The van der Waals surface area contributed by atoms with Gasteiger partial charge in [-0.3, -0.25) is 9.69 Å². The van der Waals surface area contributed by atoms with Crippen molar-refractivity contribution >= 4 is 23.4 Å². The van der Waals surface area contributed by atoms with E-state index >= 15 is 0 Å². The van der Waals surface area contributed by atoms with Crippen LogP contribution in [0.2, 0.25) is 0 Å². The lowest BCUT2D eigenvalue weighted by Gasteiger charge is -2.30. The van der Waals surface area contributed by atoms with Gasteiger partial charge in [-0.25, -0.2) is 0 Å². The normalized spacial score (nSPS) is 35.1. The van der Waals surface area contributed by atoms with Crippen molar-refractivity contribution in [2.24, 2.45) is 0 Å². The Morgan fingerprint density at radius 3 is 2.63 bits per heavy atom. The van der Waals surface area contributed by atoms with Crippen LogP contribution in [0, 0.1) is 0 Å². The van der Waals surface area contributed by atoms with Crippen LogP contribution in [0.15, 0.2) is 30.3 Å². The van der Waals surface area contributed by atoms with Crippen LogP contribution < -0.4 is 10.2 Å². The van der Waals surface area contributed by atoms with Crippen LogP contribution >= 0.6 is 11.8 Å². The summed E-state index contributed by atoms with van der Waals surface area (Å²) >= 11 is 1.50. The Balaban J connectivity index is 1.87. The minimum absolute atomic E-state index is 0.0385. The Morgan fingerprint density at radius 2 is 2.00 bits per heavy atom. The summed E-state index contributed by atoms with van der Waals surface area (Å²) in [6.45, 7) is 0.361. The molecule has 5 nitrogen and oxygen atoms in total. The fraction of sp³-hybridized carbons (Fsp3) is 0.462. The van der Waals surface area contributed by atoms with Crippen LogP contribution in [0.5, 0.6) is 0 Å². The molecule has 1 amide bonds. The third kappa shape index (κ3) is 2.25. The van der Waals surface area contributed by atoms with E-state index in [0.29, 0.717) is 12.3 Å². The van der Waals surface area contributed by atoms with Crippen molar-refractivity contribution in [1.82, 2.24) is 5.32 Å². The molecule has 0 unspecified atom stereocenters. The number of nitrogens with one attached hydrogen (secondary N) is 1. The summed E-state index contributed by atoms with van der Waals surface area (Å²) in [5.74, 6) is 0.442. The van der Waals surface area contributed by atoms with Crippen molar-refractivity contribution in [1.29, 1.82) is 0 Å². The van der Waals surface area contributed by atoms with Gasteiger partial charge < -0.3 is 15.5 Å². The van der Waals surface area contributed by atoms with E-state index in [1.54, 1.807) is 4.90 Å². The molecule has 3 N–H and O–H groups in total. The maximum atomic E-state index is 12.1. The number of thioether (sulfide) groups is 1. The van der Waals surface area contributed by atoms with Crippen LogP contribution in [0.25, 0.3) is 0 Å². The number of nitrogens with zero attached hydrogens (tertiary/aromatic N) is 1. The first kappa shape index (κ1) is 12.9. The highest BCUT2D eigenvalue weighted by molar-refractivity contribution is 8.01. The summed E-state index contributed by atoms with van der Waals surface area (Å²) in [4.78, 5) is 13.8. The maximum Gasteiger partial charge on any atom is 0.238 e. The average molecular weight is 280 g/mol. The highest BCUT2D eigenvalue weighted by atomic mass is 32.2. The first-order chi connectivity index (χ1) is 9.18. The quantitative estimate of drug-likeness (QED) is 0.699. The fourth-order valence-electron chi connectivity index (χ4n) is 2.59. The molecule has 19 heavy (non-hydrogen) atoms. The van der Waals surface area contributed by atoms with Crippen molar-refractivity contribution in [3.8, 4) is 0 Å². The van der Waals surface area contributed by atoms with Gasteiger partial charge in [-0.2, -0.15) is 0 Å². The molecule has 2 heterocycles. The highest BCUT2D eigenvalue weighted by Crippen LogP contribution is 2.34. The molecule has 0 radical (unpaired) electrons. The maximum absolute atomic E-state index is 12.1. The number of hydrogen-bond donors (Lipinski definition) is 3. The van der Waals surface area contributed by atoms with E-state index in [0.717, 1.165) is 5.69 Å². The third-order valence-corrected chi connectivity index (χ3v) is 4.83. The molecule has 0 spiro atoms. The van der Waals surface area contributed by atoms with Crippen molar-refractivity contribution in [2.45, 2.75) is 23.6 Å². The molecule has 0 saturated carbocycles. The zero-order valence-corrected chi connectivity index (χ0v) is 11.1. The number of carbonyl (C=O) groups excluding carboxylic acids is 1. The summed E-state index contributed by atoms with van der Waals surface area (Å²) in [7, 11) is 0. The molecule has 1 aromatic carbocycles. The number of amides is 1. The van der Waals surface area contributed by atoms with E-state index in [2.05, 4.69) is 5.32 Å². The van der Waals surface area contributed by atoms with Gasteiger partial charge in [-0.15, -0.1) is 11.8 Å². The standard InChI is InChI=1S/C13H16N2O3S/c16-9-6-14-11(12(9)18)13-15(10(17)7-19-13)8-4-2-1-3-5-8/h1-5,9,11-14,16,18H,6-7H2/t9-,11-,12-,13+/m1/s1. The summed E-state index contributed by atoms with van der Waals surface area (Å²) in [5.41, 5.74) is 0.831. The lowest BCUT2D eigenvalue weighted by molar-refractivity contribution is -0.116. The lowest BCUT2D eigenvalue weighted by Crippen LogP contribution is -2.49. The monoisotopic (exact) mass is 280 g/mol. The van der Waals surface area contributed by atoms with Gasteiger partial charge in [0.1, 0.15) is 5.37 Å².